The largest absolute Gasteiger partial charge is 0.497 e. The monoisotopic (exact) mass is 178 g/mol. The van der Waals surface area contributed by atoms with Crippen molar-refractivity contribution in [2.75, 3.05) is 14.2 Å². The van der Waals surface area contributed by atoms with Gasteiger partial charge in [-0.15, -0.1) is 0 Å². The molecule has 0 saturated heterocycles. The second-order valence-corrected chi connectivity index (χ2v) is 2.68. The molecule has 0 N–H and O–H groups in total. The van der Waals surface area contributed by atoms with Crippen LogP contribution >= 0.6 is 0 Å². The molecule has 0 amide bonds. The number of hydrogen-bond donors (Lipinski definition) is 0. The van der Waals surface area contributed by atoms with Crippen molar-refractivity contribution < 1.29 is 9.47 Å². The molecule has 0 unspecified atom stereocenters. The molecular formula is C11H14O2. The van der Waals surface area contributed by atoms with Crippen molar-refractivity contribution in [1.29, 1.82) is 0 Å². The van der Waals surface area contributed by atoms with E-state index in [-0.39, 0.29) is 0 Å². The van der Waals surface area contributed by atoms with Crippen LogP contribution in [0.3, 0.4) is 0 Å². The van der Waals surface area contributed by atoms with Gasteiger partial charge in [0.25, 0.3) is 0 Å². The minimum Gasteiger partial charge on any atom is -0.497 e. The third-order valence-corrected chi connectivity index (χ3v) is 1.89. The van der Waals surface area contributed by atoms with Crippen molar-refractivity contribution in [2.45, 2.75) is 6.42 Å². The van der Waals surface area contributed by atoms with Gasteiger partial charge >= 0.3 is 0 Å². The molecule has 0 aromatic carbocycles. The molecule has 0 heterocycles. The topological polar surface area (TPSA) is 18.5 Å². The summed E-state index contributed by atoms with van der Waals surface area (Å²) in [6.07, 6.45) is 8.40. The normalized spacial score (nSPS) is 19.1. The van der Waals surface area contributed by atoms with E-state index in [1.807, 2.05) is 18.2 Å². The molecule has 0 saturated carbocycles. The highest BCUT2D eigenvalue weighted by Crippen LogP contribution is 2.23. The van der Waals surface area contributed by atoms with Crippen molar-refractivity contribution in [3.8, 4) is 0 Å². The Morgan fingerprint density at radius 2 is 2.08 bits per heavy atom. The molecule has 0 aromatic rings. The third kappa shape index (κ3) is 2.25. The summed E-state index contributed by atoms with van der Waals surface area (Å²) in [5.74, 6) is 1.65. The van der Waals surface area contributed by atoms with Crippen LogP contribution in [-0.2, 0) is 9.47 Å². The lowest BCUT2D eigenvalue weighted by molar-refractivity contribution is 0.224. The summed E-state index contributed by atoms with van der Waals surface area (Å²) in [7, 11) is 3.29. The van der Waals surface area contributed by atoms with E-state index in [9.17, 15) is 0 Å². The van der Waals surface area contributed by atoms with Crippen LogP contribution in [0.25, 0.3) is 0 Å². The van der Waals surface area contributed by atoms with Gasteiger partial charge in [-0.25, -0.2) is 0 Å². The first-order valence-electron chi connectivity index (χ1n) is 4.12. The van der Waals surface area contributed by atoms with E-state index in [4.69, 9.17) is 9.47 Å². The predicted molar refractivity (Wildman–Crippen MR) is 53.1 cm³/mol. The minimum atomic E-state index is 0.766. The van der Waals surface area contributed by atoms with Crippen LogP contribution in [0.5, 0.6) is 0 Å². The van der Waals surface area contributed by atoms with Crippen LogP contribution in [0.1, 0.15) is 6.42 Å². The fourth-order valence-corrected chi connectivity index (χ4v) is 1.23. The number of methoxy groups -OCH3 is 2. The first-order valence-corrected chi connectivity index (χ1v) is 4.12. The van der Waals surface area contributed by atoms with Gasteiger partial charge in [0.1, 0.15) is 5.76 Å². The molecule has 70 valence electrons. The Bertz CT molecular complexity index is 282. The molecular weight excluding hydrogens is 164 g/mol. The zero-order valence-corrected chi connectivity index (χ0v) is 8.04. The SMILES string of the molecule is C=CC=C1C=CC(OC)=C(OC)C1. The van der Waals surface area contributed by atoms with Gasteiger partial charge in [0, 0.05) is 6.42 Å². The fraction of sp³-hybridized carbons (Fsp3) is 0.273. The van der Waals surface area contributed by atoms with Crippen molar-refractivity contribution in [1.82, 2.24) is 0 Å². The molecule has 2 heteroatoms. The molecule has 0 aliphatic heterocycles. The summed E-state index contributed by atoms with van der Waals surface area (Å²) >= 11 is 0. The highest BCUT2D eigenvalue weighted by Gasteiger charge is 2.11. The summed E-state index contributed by atoms with van der Waals surface area (Å²) in [6.45, 7) is 3.65. The van der Waals surface area contributed by atoms with E-state index in [1.54, 1.807) is 20.3 Å². The van der Waals surface area contributed by atoms with Gasteiger partial charge < -0.3 is 9.47 Å². The van der Waals surface area contributed by atoms with Gasteiger partial charge in [-0.05, 0) is 11.6 Å². The molecule has 0 spiro atoms. The first-order chi connectivity index (χ1) is 6.31. The van der Waals surface area contributed by atoms with Crippen LogP contribution < -0.4 is 0 Å². The van der Waals surface area contributed by atoms with Gasteiger partial charge in [0.2, 0.25) is 0 Å². The Morgan fingerprint density at radius 1 is 1.31 bits per heavy atom. The van der Waals surface area contributed by atoms with Crippen LogP contribution in [0, 0.1) is 0 Å². The lowest BCUT2D eigenvalue weighted by Gasteiger charge is -2.15. The molecule has 1 aliphatic rings. The smallest absolute Gasteiger partial charge is 0.156 e. The number of ether oxygens (including phenoxy) is 2. The summed E-state index contributed by atoms with van der Waals surface area (Å²) < 4.78 is 10.3. The first kappa shape index (κ1) is 9.65. The molecule has 1 rings (SSSR count). The van der Waals surface area contributed by atoms with Gasteiger partial charge in [-0.1, -0.05) is 24.8 Å². The number of allylic oxidation sites excluding steroid dienone is 5. The minimum absolute atomic E-state index is 0.766. The maximum atomic E-state index is 5.20. The van der Waals surface area contributed by atoms with E-state index >= 15 is 0 Å². The zero-order chi connectivity index (χ0) is 9.68. The van der Waals surface area contributed by atoms with E-state index in [0.717, 1.165) is 17.9 Å². The molecule has 0 fully saturated rings. The summed E-state index contributed by atoms with van der Waals surface area (Å²) in [6, 6.07) is 0. The molecule has 0 atom stereocenters. The quantitative estimate of drug-likeness (QED) is 0.661. The maximum absolute atomic E-state index is 5.20. The molecule has 0 radical (unpaired) electrons. The average Bonchev–Trinajstić information content (AvgIpc) is 2.18. The highest BCUT2D eigenvalue weighted by atomic mass is 16.5. The van der Waals surface area contributed by atoms with Gasteiger partial charge in [0.15, 0.2) is 5.76 Å². The Balaban J connectivity index is 2.85. The lowest BCUT2D eigenvalue weighted by atomic mass is 10.0. The molecule has 2 nitrogen and oxygen atoms in total. The Hall–Kier alpha value is -1.44. The lowest BCUT2D eigenvalue weighted by Crippen LogP contribution is -2.00. The Kier molecular flexibility index (Phi) is 3.38. The second-order valence-electron chi connectivity index (χ2n) is 2.68. The van der Waals surface area contributed by atoms with Crippen molar-refractivity contribution in [3.05, 3.63) is 48.0 Å². The molecule has 1 aliphatic carbocycles. The maximum Gasteiger partial charge on any atom is 0.156 e. The van der Waals surface area contributed by atoms with Crippen LogP contribution in [0.15, 0.2) is 48.0 Å². The van der Waals surface area contributed by atoms with E-state index in [1.165, 1.54) is 5.57 Å². The van der Waals surface area contributed by atoms with E-state index in [0.29, 0.717) is 0 Å². The second kappa shape index (κ2) is 4.55. The van der Waals surface area contributed by atoms with Crippen LogP contribution in [0.2, 0.25) is 0 Å². The van der Waals surface area contributed by atoms with Gasteiger partial charge in [-0.2, -0.15) is 0 Å². The number of rotatable bonds is 3. The summed E-state index contributed by atoms with van der Waals surface area (Å²) in [4.78, 5) is 0. The van der Waals surface area contributed by atoms with E-state index < -0.39 is 0 Å². The average molecular weight is 178 g/mol. The van der Waals surface area contributed by atoms with E-state index in [2.05, 4.69) is 6.58 Å². The molecule has 13 heavy (non-hydrogen) atoms. The fourth-order valence-electron chi connectivity index (χ4n) is 1.23. The Morgan fingerprint density at radius 3 is 2.62 bits per heavy atom. The van der Waals surface area contributed by atoms with Crippen LogP contribution in [-0.4, -0.2) is 14.2 Å². The van der Waals surface area contributed by atoms with Crippen molar-refractivity contribution >= 4 is 0 Å². The third-order valence-electron chi connectivity index (χ3n) is 1.89. The zero-order valence-electron chi connectivity index (χ0n) is 8.04. The van der Waals surface area contributed by atoms with Gasteiger partial charge in [-0.3, -0.25) is 0 Å². The van der Waals surface area contributed by atoms with Crippen molar-refractivity contribution in [3.63, 3.8) is 0 Å². The van der Waals surface area contributed by atoms with Gasteiger partial charge in [0.05, 0.1) is 14.2 Å². The standard InChI is InChI=1S/C11H14O2/c1-4-5-9-6-7-10(12-2)11(8-9)13-3/h4-7H,1,8H2,2-3H3. The molecule has 0 aromatic heterocycles. The predicted octanol–water partition coefficient (Wildman–Crippen LogP) is 2.56. The van der Waals surface area contributed by atoms with Crippen molar-refractivity contribution in [2.24, 2.45) is 0 Å². The molecule has 0 bridgehead atoms. The number of hydrogen-bond acceptors (Lipinski definition) is 2. The summed E-state index contributed by atoms with van der Waals surface area (Å²) in [5.41, 5.74) is 1.17. The Labute approximate surface area is 78.9 Å². The summed E-state index contributed by atoms with van der Waals surface area (Å²) in [5, 5.41) is 0. The van der Waals surface area contributed by atoms with Crippen LogP contribution in [0.4, 0.5) is 0 Å². The highest BCUT2D eigenvalue weighted by molar-refractivity contribution is 5.37.